The fourth-order valence-electron chi connectivity index (χ4n) is 0.537. The first-order chi connectivity index (χ1) is 4.80. The number of nitrogens with zero attached hydrogens (tertiary/aromatic N) is 1. The molecule has 1 atom stereocenters. The first-order valence-electron chi connectivity index (χ1n) is 3.73. The van der Waals surface area contributed by atoms with Gasteiger partial charge in [-0.15, -0.1) is 5.10 Å². The Kier molecular flexibility index (Phi) is 4.72. The van der Waals surface area contributed by atoms with Gasteiger partial charge in [0.2, 0.25) is 0 Å². The van der Waals surface area contributed by atoms with E-state index in [0.717, 1.165) is 0 Å². The van der Waals surface area contributed by atoms with E-state index in [1.54, 1.807) is 0 Å². The molecule has 0 bridgehead atoms. The minimum Gasteiger partial charge on any atom is -0.457 e. The Balaban J connectivity index is 0.000000371. The molecule has 0 aromatic carbocycles. The summed E-state index contributed by atoms with van der Waals surface area (Å²) in [5.41, 5.74) is 2.80. The Bertz CT molecular complexity index is 93.8. The van der Waals surface area contributed by atoms with E-state index in [2.05, 4.69) is 24.4 Å². The second-order valence-corrected chi connectivity index (χ2v) is 2.16. The van der Waals surface area contributed by atoms with Gasteiger partial charge in [0.1, 0.15) is 0 Å². The molecule has 0 saturated carbocycles. The quantitative estimate of drug-likeness (QED) is 0.606. The maximum Gasteiger partial charge on any atom is 0.195 e. The van der Waals surface area contributed by atoms with Crippen LogP contribution in [0.2, 0.25) is 0 Å². The summed E-state index contributed by atoms with van der Waals surface area (Å²) in [6.45, 7) is 8.15. The van der Waals surface area contributed by atoms with Gasteiger partial charge in [-0.3, -0.25) is 5.43 Å². The molecule has 0 amide bonds. The van der Waals surface area contributed by atoms with E-state index >= 15 is 0 Å². The maximum absolute atomic E-state index is 5.01. The van der Waals surface area contributed by atoms with E-state index in [1.165, 1.54) is 6.40 Å². The fourth-order valence-corrected chi connectivity index (χ4v) is 0.537. The van der Waals surface area contributed by atoms with Crippen LogP contribution in [0.15, 0.2) is 5.10 Å². The SMILES string of the molecule is CC.CC(C)C1NN=CO1. The summed E-state index contributed by atoms with van der Waals surface area (Å²) >= 11 is 0. The third-order valence-corrected chi connectivity index (χ3v) is 1.07. The van der Waals surface area contributed by atoms with Crippen molar-refractivity contribution in [3.8, 4) is 0 Å². The summed E-state index contributed by atoms with van der Waals surface area (Å²) in [5, 5.41) is 3.69. The van der Waals surface area contributed by atoms with Crippen LogP contribution in [0.3, 0.4) is 0 Å². The van der Waals surface area contributed by atoms with E-state index in [-0.39, 0.29) is 6.23 Å². The lowest BCUT2D eigenvalue weighted by Crippen LogP contribution is -2.26. The van der Waals surface area contributed by atoms with Crippen molar-refractivity contribution in [1.29, 1.82) is 0 Å². The monoisotopic (exact) mass is 144 g/mol. The maximum atomic E-state index is 5.01. The van der Waals surface area contributed by atoms with Crippen molar-refractivity contribution < 1.29 is 4.74 Å². The van der Waals surface area contributed by atoms with Crippen LogP contribution in [-0.2, 0) is 4.74 Å². The Labute approximate surface area is 62.5 Å². The molecule has 10 heavy (non-hydrogen) atoms. The lowest BCUT2D eigenvalue weighted by molar-refractivity contribution is 0.142. The molecule has 60 valence electrons. The van der Waals surface area contributed by atoms with Gasteiger partial charge in [-0.05, 0) is 0 Å². The van der Waals surface area contributed by atoms with Crippen LogP contribution in [0.1, 0.15) is 27.7 Å². The van der Waals surface area contributed by atoms with E-state index in [0.29, 0.717) is 5.92 Å². The molecule has 1 unspecified atom stereocenters. The van der Waals surface area contributed by atoms with Gasteiger partial charge in [-0.25, -0.2) is 0 Å². The summed E-state index contributed by atoms with van der Waals surface area (Å²) in [6, 6.07) is 0. The minimum absolute atomic E-state index is 0.0926. The van der Waals surface area contributed by atoms with E-state index in [4.69, 9.17) is 4.74 Å². The van der Waals surface area contributed by atoms with Crippen LogP contribution in [0.5, 0.6) is 0 Å². The van der Waals surface area contributed by atoms with Gasteiger partial charge in [0, 0.05) is 5.92 Å². The number of hydrogen-bond donors (Lipinski definition) is 1. The van der Waals surface area contributed by atoms with Gasteiger partial charge in [0.15, 0.2) is 12.6 Å². The summed E-state index contributed by atoms with van der Waals surface area (Å²) in [6.07, 6.45) is 1.53. The molecule has 1 rings (SSSR count). The predicted molar refractivity (Wildman–Crippen MR) is 42.7 cm³/mol. The molecule has 1 N–H and O–H groups in total. The first-order valence-corrected chi connectivity index (χ1v) is 3.73. The number of hydrazone groups is 1. The van der Waals surface area contributed by atoms with Gasteiger partial charge in [-0.2, -0.15) is 0 Å². The van der Waals surface area contributed by atoms with Crippen molar-refractivity contribution in [2.24, 2.45) is 11.0 Å². The fraction of sp³-hybridized carbons (Fsp3) is 0.857. The van der Waals surface area contributed by atoms with Crippen LogP contribution >= 0.6 is 0 Å². The number of ether oxygens (including phenoxy) is 1. The zero-order valence-electron chi connectivity index (χ0n) is 7.09. The second-order valence-electron chi connectivity index (χ2n) is 2.16. The molecule has 0 aromatic rings. The van der Waals surface area contributed by atoms with Gasteiger partial charge >= 0.3 is 0 Å². The van der Waals surface area contributed by atoms with Crippen LogP contribution < -0.4 is 5.43 Å². The van der Waals surface area contributed by atoms with Gasteiger partial charge in [-0.1, -0.05) is 27.7 Å². The van der Waals surface area contributed by atoms with E-state index < -0.39 is 0 Å². The minimum atomic E-state index is 0.0926. The highest BCUT2D eigenvalue weighted by Crippen LogP contribution is 2.04. The summed E-state index contributed by atoms with van der Waals surface area (Å²) in [7, 11) is 0. The summed E-state index contributed by atoms with van der Waals surface area (Å²) in [5.74, 6) is 0.484. The average Bonchev–Trinajstić information content (AvgIpc) is 2.42. The van der Waals surface area contributed by atoms with Gasteiger partial charge in [0.25, 0.3) is 0 Å². The number of rotatable bonds is 1. The molecule has 3 heteroatoms. The van der Waals surface area contributed by atoms with Crippen molar-refractivity contribution in [2.45, 2.75) is 33.9 Å². The van der Waals surface area contributed by atoms with Gasteiger partial charge < -0.3 is 4.74 Å². The first kappa shape index (κ1) is 9.27. The molecule has 0 aromatic heterocycles. The molecular formula is C7H16N2O. The Morgan fingerprint density at radius 3 is 2.30 bits per heavy atom. The molecule has 0 radical (unpaired) electrons. The molecule has 0 saturated heterocycles. The number of hydrogen-bond acceptors (Lipinski definition) is 3. The van der Waals surface area contributed by atoms with E-state index in [9.17, 15) is 0 Å². The predicted octanol–water partition coefficient (Wildman–Crippen LogP) is 1.56. The Morgan fingerprint density at radius 1 is 1.50 bits per heavy atom. The van der Waals surface area contributed by atoms with Crippen molar-refractivity contribution in [3.63, 3.8) is 0 Å². The molecule has 0 fully saturated rings. The highest BCUT2D eigenvalue weighted by Gasteiger charge is 2.14. The van der Waals surface area contributed by atoms with Crippen LogP contribution in [0.4, 0.5) is 0 Å². The second kappa shape index (κ2) is 5.09. The number of nitrogens with one attached hydrogen (secondary N) is 1. The lowest BCUT2D eigenvalue weighted by atomic mass is 10.2. The van der Waals surface area contributed by atoms with E-state index in [1.807, 2.05) is 13.8 Å². The molecule has 1 heterocycles. The van der Waals surface area contributed by atoms with Crippen LogP contribution in [-0.4, -0.2) is 12.6 Å². The molecule has 1 aliphatic rings. The Morgan fingerprint density at radius 2 is 2.10 bits per heavy atom. The van der Waals surface area contributed by atoms with Crippen molar-refractivity contribution in [1.82, 2.24) is 5.43 Å². The van der Waals surface area contributed by atoms with Crippen LogP contribution in [0, 0.1) is 5.92 Å². The standard InChI is InChI=1S/C5H10N2O.C2H6/c1-4(2)5-7-6-3-8-5;1-2/h3-5,7H,1-2H3;1-2H3. The average molecular weight is 144 g/mol. The van der Waals surface area contributed by atoms with Crippen LogP contribution in [0.25, 0.3) is 0 Å². The summed E-state index contributed by atoms with van der Waals surface area (Å²) in [4.78, 5) is 0. The smallest absolute Gasteiger partial charge is 0.195 e. The third-order valence-electron chi connectivity index (χ3n) is 1.07. The molecule has 1 aliphatic heterocycles. The van der Waals surface area contributed by atoms with Crippen molar-refractivity contribution >= 4 is 6.40 Å². The highest BCUT2D eigenvalue weighted by molar-refractivity contribution is 5.47. The van der Waals surface area contributed by atoms with Crippen molar-refractivity contribution in [3.05, 3.63) is 0 Å². The third kappa shape index (κ3) is 2.71. The zero-order chi connectivity index (χ0) is 7.98. The topological polar surface area (TPSA) is 33.6 Å². The zero-order valence-corrected chi connectivity index (χ0v) is 7.09. The highest BCUT2D eigenvalue weighted by atomic mass is 16.5. The normalized spacial score (nSPS) is 21.1. The largest absolute Gasteiger partial charge is 0.457 e. The molecular weight excluding hydrogens is 128 g/mol. The lowest BCUT2D eigenvalue weighted by Gasteiger charge is -2.11. The molecule has 0 aliphatic carbocycles. The molecule has 3 nitrogen and oxygen atoms in total. The summed E-state index contributed by atoms with van der Waals surface area (Å²) < 4.78 is 5.01. The Hall–Kier alpha value is -0.730. The van der Waals surface area contributed by atoms with Gasteiger partial charge in [0.05, 0.1) is 0 Å². The molecule has 0 spiro atoms. The van der Waals surface area contributed by atoms with Crippen molar-refractivity contribution in [2.75, 3.05) is 0 Å².